The molecule has 164 valence electrons. The summed E-state index contributed by atoms with van der Waals surface area (Å²) >= 11 is 0. The van der Waals surface area contributed by atoms with Crippen LogP contribution in [-0.2, 0) is 0 Å². The molecule has 0 radical (unpaired) electrons. The van der Waals surface area contributed by atoms with E-state index in [0.29, 0.717) is 0 Å². The summed E-state index contributed by atoms with van der Waals surface area (Å²) in [5, 5.41) is 11.6. The average Bonchev–Trinajstić information content (AvgIpc) is 2.49. The molecule has 0 saturated heterocycles. The molecule has 0 fully saturated rings. The molecule has 1 unspecified atom stereocenters. The highest BCUT2D eigenvalue weighted by molar-refractivity contribution is 4.56. The van der Waals surface area contributed by atoms with Crippen LogP contribution in [0.15, 0.2) is 0 Å². The Morgan fingerprint density at radius 2 is 0.769 bits per heavy atom. The Kier molecular flexibility index (Phi) is 38.8. The third-order valence-corrected chi connectivity index (χ3v) is 3.51. The van der Waals surface area contributed by atoms with E-state index in [0.717, 1.165) is 25.7 Å². The molecule has 0 aliphatic carbocycles. The zero-order chi connectivity index (χ0) is 19.9. The van der Waals surface area contributed by atoms with Crippen LogP contribution in [0.5, 0.6) is 0 Å². The van der Waals surface area contributed by atoms with Crippen molar-refractivity contribution in [2.75, 3.05) is 42.3 Å². The molecule has 0 aliphatic rings. The molecule has 3 nitrogen and oxygen atoms in total. The van der Waals surface area contributed by atoms with Crippen molar-refractivity contribution in [3.63, 3.8) is 0 Å². The van der Waals surface area contributed by atoms with Gasteiger partial charge in [0, 0.05) is 0 Å². The van der Waals surface area contributed by atoms with Crippen molar-refractivity contribution in [2.24, 2.45) is 0 Å². The molecule has 0 amide bonds. The lowest BCUT2D eigenvalue weighted by atomic mass is 10.0. The minimum atomic E-state index is -0.275. The summed E-state index contributed by atoms with van der Waals surface area (Å²) in [4.78, 5) is 2.83. The second kappa shape index (κ2) is 29.9. The van der Waals surface area contributed by atoms with Gasteiger partial charge in [-0.2, -0.15) is 0 Å². The maximum absolute atomic E-state index is 11.6. The average molecular weight is 397 g/mol. The number of quaternary nitrogens is 2. The highest BCUT2D eigenvalue weighted by Gasteiger charge is 1.96. The number of halogens is 1. The Labute approximate surface area is 173 Å². The van der Waals surface area contributed by atoms with Crippen LogP contribution in [-0.4, -0.2) is 48.4 Å². The molecule has 0 aliphatic heterocycles. The van der Waals surface area contributed by atoms with Crippen molar-refractivity contribution >= 4 is 0 Å². The third kappa shape index (κ3) is 56.4. The summed E-state index contributed by atoms with van der Waals surface area (Å²) in [5.41, 5.74) is 0. The Hall–Kier alpha value is 0.170. The Morgan fingerprint density at radius 1 is 0.538 bits per heavy atom. The molecule has 0 aromatic carbocycles. The van der Waals surface area contributed by atoms with E-state index in [9.17, 15) is 5.11 Å². The fourth-order valence-corrected chi connectivity index (χ4v) is 2.27. The number of hydrogen-bond acceptors (Lipinski definition) is 1. The van der Waals surface area contributed by atoms with Crippen LogP contribution in [0.4, 0.5) is 0 Å². The van der Waals surface area contributed by atoms with E-state index in [1.54, 1.807) is 0 Å². The van der Waals surface area contributed by atoms with Gasteiger partial charge in [-0.25, -0.2) is 0 Å². The van der Waals surface area contributed by atoms with Crippen LogP contribution in [0.25, 0.3) is 0 Å². The van der Waals surface area contributed by atoms with Crippen molar-refractivity contribution in [2.45, 2.75) is 103 Å². The van der Waals surface area contributed by atoms with Crippen molar-refractivity contribution in [3.8, 4) is 0 Å². The molecule has 4 heteroatoms. The monoisotopic (exact) mass is 396 g/mol. The van der Waals surface area contributed by atoms with E-state index < -0.39 is 0 Å². The van der Waals surface area contributed by atoms with Crippen molar-refractivity contribution in [1.82, 2.24) is 0 Å². The van der Waals surface area contributed by atoms with Gasteiger partial charge in [0.15, 0.2) is 0 Å². The van der Waals surface area contributed by atoms with Crippen LogP contribution < -0.4 is 27.3 Å². The first-order valence-electron chi connectivity index (χ1n) is 11.0. The van der Waals surface area contributed by atoms with Gasteiger partial charge >= 0.3 is 0 Å². The van der Waals surface area contributed by atoms with Crippen LogP contribution >= 0.6 is 0 Å². The van der Waals surface area contributed by atoms with Crippen LogP contribution in [0.1, 0.15) is 97.3 Å². The van der Waals surface area contributed by atoms with Gasteiger partial charge in [0.05, 0.1) is 42.3 Å². The highest BCUT2D eigenvalue weighted by atomic mass is 35.5. The zero-order valence-electron chi connectivity index (χ0n) is 19.6. The molecular formula is C22H53ClN2O. The van der Waals surface area contributed by atoms with Gasteiger partial charge in [-0.15, -0.1) is 6.10 Å². The second-order valence-corrected chi connectivity index (χ2v) is 8.38. The minimum Gasteiger partial charge on any atom is -1.00 e. The summed E-state index contributed by atoms with van der Waals surface area (Å²) in [7, 11) is 12.5. The molecule has 26 heavy (non-hydrogen) atoms. The quantitative estimate of drug-likeness (QED) is 0.398. The number of nitrogens with one attached hydrogen (secondary N) is 2. The predicted octanol–water partition coefficient (Wildman–Crippen LogP) is -0.648. The van der Waals surface area contributed by atoms with Gasteiger partial charge in [0.25, 0.3) is 0 Å². The molecule has 0 heterocycles. The first-order valence-corrected chi connectivity index (χ1v) is 11.0. The van der Waals surface area contributed by atoms with Gasteiger partial charge in [0.2, 0.25) is 0 Å². The largest absolute Gasteiger partial charge is 1.00 e. The Morgan fingerprint density at radius 3 is 1.08 bits per heavy atom. The lowest BCUT2D eigenvalue weighted by Crippen LogP contribution is -3.02. The Balaban J connectivity index is -0.000000226. The Bertz CT molecular complexity index is 203. The van der Waals surface area contributed by atoms with Crippen molar-refractivity contribution in [3.05, 3.63) is 0 Å². The molecule has 0 saturated carbocycles. The fourth-order valence-electron chi connectivity index (χ4n) is 2.27. The molecule has 1 atom stereocenters. The highest BCUT2D eigenvalue weighted by Crippen LogP contribution is 2.12. The smallest absolute Gasteiger partial charge is 0.0661 e. The lowest BCUT2D eigenvalue weighted by Gasteiger charge is -2.21. The number of rotatable bonds is 13. The number of unbranched alkanes of at least 4 members (excludes halogenated alkanes) is 9. The maximum Gasteiger partial charge on any atom is 0.0661 e. The van der Waals surface area contributed by atoms with Crippen LogP contribution in [0.2, 0.25) is 0 Å². The summed E-state index contributed by atoms with van der Waals surface area (Å²) < 4.78 is 0. The summed E-state index contributed by atoms with van der Waals surface area (Å²) in [5.74, 6) is 0. The van der Waals surface area contributed by atoms with Crippen LogP contribution in [0.3, 0.4) is 0 Å². The van der Waals surface area contributed by atoms with Gasteiger partial charge in [-0.1, -0.05) is 97.3 Å². The topological polar surface area (TPSA) is 31.9 Å². The first kappa shape index (κ1) is 33.7. The van der Waals surface area contributed by atoms with Gasteiger partial charge in [-0.05, 0) is 0 Å². The molecule has 0 spiro atoms. The molecule has 0 bridgehead atoms. The molecule has 0 aromatic rings. The SMILES string of the molecule is CCCCCCCCCC([O-])CCCCCC.C[NH+](C)C.C[NH+](C)C.[Cl-]. The zero-order valence-corrected chi connectivity index (χ0v) is 20.3. The predicted molar refractivity (Wildman–Crippen MR) is 113 cm³/mol. The van der Waals surface area contributed by atoms with E-state index in [-0.39, 0.29) is 18.5 Å². The van der Waals surface area contributed by atoms with E-state index in [1.165, 1.54) is 67.6 Å². The van der Waals surface area contributed by atoms with E-state index in [2.05, 4.69) is 56.1 Å². The molecular weight excluding hydrogens is 344 g/mol. The molecule has 0 rings (SSSR count). The van der Waals surface area contributed by atoms with Crippen molar-refractivity contribution in [1.29, 1.82) is 0 Å². The standard InChI is InChI=1S/C16H33O.2C3H9N.ClH/c1-3-5-7-9-10-11-13-15-16(17)14-12-8-6-4-2;2*1-4(2)3;/h16H,3-15H2,1-2H3;2*1-3H3;1H/q-1;;;/p+1. The summed E-state index contributed by atoms with van der Waals surface area (Å²) in [6.45, 7) is 4.47. The second-order valence-electron chi connectivity index (χ2n) is 8.38. The van der Waals surface area contributed by atoms with E-state index >= 15 is 0 Å². The van der Waals surface area contributed by atoms with Gasteiger partial charge in [-0.3, -0.25) is 0 Å². The van der Waals surface area contributed by atoms with Crippen LogP contribution in [0, 0.1) is 0 Å². The molecule has 0 aromatic heterocycles. The third-order valence-electron chi connectivity index (χ3n) is 3.51. The normalized spacial score (nSPS) is 11.2. The van der Waals surface area contributed by atoms with Gasteiger partial charge in [0.1, 0.15) is 0 Å². The van der Waals surface area contributed by atoms with Crippen molar-refractivity contribution < 1.29 is 27.3 Å². The summed E-state index contributed by atoms with van der Waals surface area (Å²) in [6, 6.07) is 0. The minimum absolute atomic E-state index is 0. The van der Waals surface area contributed by atoms with E-state index in [4.69, 9.17) is 0 Å². The lowest BCUT2D eigenvalue weighted by molar-refractivity contribution is -0.836. The first-order chi connectivity index (χ1) is 11.8. The van der Waals surface area contributed by atoms with Gasteiger partial charge < -0.3 is 27.3 Å². The molecule has 2 N–H and O–H groups in total. The van der Waals surface area contributed by atoms with E-state index in [1.807, 2.05) is 0 Å². The summed E-state index contributed by atoms with van der Waals surface area (Å²) in [6.07, 6.45) is 15.7. The fraction of sp³-hybridized carbons (Fsp3) is 1.00. The maximum atomic E-state index is 11.6. The number of hydrogen-bond donors (Lipinski definition) is 2.